The fraction of sp³-hybridized carbons (Fsp3) is 0.360. The van der Waals surface area contributed by atoms with E-state index in [1.807, 2.05) is 17.0 Å². The predicted octanol–water partition coefficient (Wildman–Crippen LogP) is 4.54. The van der Waals surface area contributed by atoms with Gasteiger partial charge in [-0.2, -0.15) is 26.3 Å². The fourth-order valence-electron chi connectivity index (χ4n) is 4.66. The summed E-state index contributed by atoms with van der Waals surface area (Å²) in [6, 6.07) is 8.71. The van der Waals surface area contributed by atoms with Gasteiger partial charge < -0.3 is 9.47 Å². The average molecular weight is 620 g/mol. The molecule has 220 valence electrons. The number of hydrazine groups is 2. The molecule has 5 rings (SSSR count). The second-order valence-corrected chi connectivity index (χ2v) is 11.6. The Morgan fingerprint density at radius 1 is 0.951 bits per heavy atom. The first-order valence-electron chi connectivity index (χ1n) is 12.4. The summed E-state index contributed by atoms with van der Waals surface area (Å²) < 4.78 is 94.9. The van der Waals surface area contributed by atoms with Crippen LogP contribution in [0.15, 0.2) is 48.3 Å². The number of aromatic nitrogens is 3. The van der Waals surface area contributed by atoms with E-state index in [9.17, 15) is 30.6 Å². The van der Waals surface area contributed by atoms with E-state index >= 15 is 0 Å². The zero-order chi connectivity index (χ0) is 29.5. The maximum Gasteiger partial charge on any atom is 0.416 e. The van der Waals surface area contributed by atoms with Crippen molar-refractivity contribution in [1.82, 2.24) is 35.6 Å². The number of benzene rings is 2. The summed E-state index contributed by atoms with van der Waals surface area (Å²) >= 11 is 6.37. The maximum atomic E-state index is 13.5. The van der Waals surface area contributed by atoms with Crippen LogP contribution in [0, 0.1) is 6.92 Å². The average Bonchev–Trinajstić information content (AvgIpc) is 3.47. The number of rotatable bonds is 6. The first-order chi connectivity index (χ1) is 19.3. The van der Waals surface area contributed by atoms with Crippen LogP contribution in [-0.2, 0) is 36.2 Å². The number of hydrogen-bond acceptors (Lipinski definition) is 7. The molecule has 0 saturated carbocycles. The number of hydrogen-bond donors (Lipinski definition) is 2. The van der Waals surface area contributed by atoms with Crippen molar-refractivity contribution >= 4 is 28.1 Å². The molecule has 2 N–H and O–H groups in total. The molecule has 1 aromatic heterocycles. The molecule has 2 aliphatic rings. The first-order valence-corrected chi connectivity index (χ1v) is 14.2. The largest absolute Gasteiger partial charge is 0.416 e. The summed E-state index contributed by atoms with van der Waals surface area (Å²) in [6.07, 6.45) is -9.94. The smallest absolute Gasteiger partial charge is 0.353 e. The monoisotopic (exact) mass is 619 g/mol. The van der Waals surface area contributed by atoms with E-state index in [0.29, 0.717) is 71.5 Å². The van der Waals surface area contributed by atoms with Gasteiger partial charge in [-0.1, -0.05) is 29.8 Å². The number of aryl methyl sites for hydroxylation is 1. The Labute approximate surface area is 238 Å². The van der Waals surface area contributed by atoms with E-state index in [1.54, 1.807) is 23.6 Å². The molecule has 41 heavy (non-hydrogen) atoms. The zero-order valence-corrected chi connectivity index (χ0v) is 23.1. The van der Waals surface area contributed by atoms with Gasteiger partial charge in [0.1, 0.15) is 17.3 Å². The van der Waals surface area contributed by atoms with Gasteiger partial charge in [-0.25, -0.2) is 0 Å². The summed E-state index contributed by atoms with van der Waals surface area (Å²) in [5, 5.41) is 10.5. The molecule has 2 aromatic carbocycles. The molecule has 0 radical (unpaired) electrons. The van der Waals surface area contributed by atoms with Crippen molar-refractivity contribution in [2.75, 3.05) is 24.6 Å². The lowest BCUT2D eigenvalue weighted by Gasteiger charge is -2.34. The topological polar surface area (TPSA) is 78.3 Å². The minimum absolute atomic E-state index is 0.0985. The van der Waals surface area contributed by atoms with Crippen molar-refractivity contribution < 1.29 is 30.6 Å². The lowest BCUT2D eigenvalue weighted by molar-refractivity contribution is -0.143. The molecule has 3 aromatic rings. The van der Waals surface area contributed by atoms with E-state index in [0.717, 1.165) is 5.56 Å². The third-order valence-electron chi connectivity index (χ3n) is 6.71. The Morgan fingerprint density at radius 2 is 1.59 bits per heavy atom. The molecule has 2 aliphatic heterocycles. The van der Waals surface area contributed by atoms with Gasteiger partial charge in [0.25, 0.3) is 0 Å². The van der Waals surface area contributed by atoms with Gasteiger partial charge >= 0.3 is 12.4 Å². The Hall–Kier alpha value is -3.30. The highest BCUT2D eigenvalue weighted by atomic mass is 35.5. The Morgan fingerprint density at radius 3 is 2.20 bits per heavy atom. The quantitative estimate of drug-likeness (QED) is 0.393. The van der Waals surface area contributed by atoms with Crippen molar-refractivity contribution in [2.45, 2.75) is 32.4 Å². The Kier molecular flexibility index (Phi) is 7.96. The molecule has 0 amide bonds. The summed E-state index contributed by atoms with van der Waals surface area (Å²) in [5.41, 5.74) is 4.04. The lowest BCUT2D eigenvalue weighted by atomic mass is 10.0. The van der Waals surface area contributed by atoms with Gasteiger partial charge in [0.2, 0.25) is 0 Å². The van der Waals surface area contributed by atoms with Crippen molar-refractivity contribution in [3.05, 3.63) is 87.2 Å². The highest BCUT2D eigenvalue weighted by Crippen LogP contribution is 2.37. The van der Waals surface area contributed by atoms with Gasteiger partial charge in [0.15, 0.2) is 5.82 Å². The fourth-order valence-corrected chi connectivity index (χ4v) is 5.91. The SMILES string of the molecule is Cc1nnc(C2=C(N3CCS(=O)CC3)N(Cc3cc(C(F)(F)F)cc(C(F)(F)F)c3)NN2)n1Cc1ccccc1Cl. The second-order valence-electron chi connectivity index (χ2n) is 9.52. The minimum Gasteiger partial charge on any atom is -0.353 e. The molecule has 0 atom stereocenters. The van der Waals surface area contributed by atoms with Gasteiger partial charge in [0.05, 0.1) is 24.2 Å². The third-order valence-corrected chi connectivity index (χ3v) is 8.35. The lowest BCUT2D eigenvalue weighted by Crippen LogP contribution is -2.45. The van der Waals surface area contributed by atoms with Crippen LogP contribution in [0.3, 0.4) is 0 Å². The Bertz CT molecular complexity index is 1460. The molecular formula is C25H24ClF6N7OS. The standard InChI is InChI=1S/C25H24ClF6N7OS/c1-15-33-35-22(38(15)14-17-4-2-3-5-20(17)26)21-23(37-6-8-41(40)9-7-37)39(36-34-21)13-16-10-18(24(27,28)29)12-19(11-16)25(30,31)32/h2-5,10-12,34,36H,6-9,13-14H2,1H3. The van der Waals surface area contributed by atoms with E-state index < -0.39 is 34.3 Å². The Balaban J connectivity index is 1.57. The molecule has 1 saturated heterocycles. The van der Waals surface area contributed by atoms with E-state index in [1.165, 1.54) is 5.01 Å². The summed E-state index contributed by atoms with van der Waals surface area (Å²) in [4.78, 5) is 1.87. The minimum atomic E-state index is -4.97. The van der Waals surface area contributed by atoms with Crippen LogP contribution in [-0.4, -0.2) is 53.5 Å². The number of halogens is 7. The zero-order valence-electron chi connectivity index (χ0n) is 21.5. The maximum absolute atomic E-state index is 13.5. The van der Waals surface area contributed by atoms with Gasteiger partial charge in [-0.3, -0.25) is 14.6 Å². The van der Waals surface area contributed by atoms with Gasteiger partial charge in [-0.15, -0.1) is 15.7 Å². The summed E-state index contributed by atoms with van der Waals surface area (Å²) in [5.74, 6) is 2.05. The highest BCUT2D eigenvalue weighted by molar-refractivity contribution is 7.85. The van der Waals surface area contributed by atoms with Gasteiger partial charge in [-0.05, 0) is 42.3 Å². The number of nitrogens with zero attached hydrogens (tertiary/aromatic N) is 5. The second kappa shape index (κ2) is 11.2. The molecule has 0 spiro atoms. The van der Waals surface area contributed by atoms with Crippen molar-refractivity contribution in [3.63, 3.8) is 0 Å². The molecule has 16 heteroatoms. The van der Waals surface area contributed by atoms with Gasteiger partial charge in [0, 0.05) is 40.4 Å². The van der Waals surface area contributed by atoms with Crippen molar-refractivity contribution in [2.24, 2.45) is 0 Å². The third kappa shape index (κ3) is 6.31. The summed E-state index contributed by atoms with van der Waals surface area (Å²) in [6.45, 7) is 2.40. The molecule has 3 heterocycles. The highest BCUT2D eigenvalue weighted by Gasteiger charge is 2.38. The van der Waals surface area contributed by atoms with E-state index in [4.69, 9.17) is 11.6 Å². The molecule has 0 unspecified atom stereocenters. The van der Waals surface area contributed by atoms with E-state index in [-0.39, 0.29) is 18.2 Å². The van der Waals surface area contributed by atoms with E-state index in [2.05, 4.69) is 21.2 Å². The van der Waals surface area contributed by atoms with Crippen LogP contribution < -0.4 is 11.0 Å². The molecule has 1 fully saturated rings. The number of alkyl halides is 6. The van der Waals surface area contributed by atoms with Crippen LogP contribution in [0.4, 0.5) is 26.3 Å². The first kappa shape index (κ1) is 29.2. The van der Waals surface area contributed by atoms with Crippen LogP contribution in [0.2, 0.25) is 5.02 Å². The summed E-state index contributed by atoms with van der Waals surface area (Å²) in [7, 11) is -1.04. The van der Waals surface area contributed by atoms with Crippen molar-refractivity contribution in [1.29, 1.82) is 0 Å². The van der Waals surface area contributed by atoms with Crippen LogP contribution >= 0.6 is 11.6 Å². The predicted molar refractivity (Wildman–Crippen MR) is 140 cm³/mol. The van der Waals surface area contributed by atoms with Crippen LogP contribution in [0.25, 0.3) is 5.70 Å². The van der Waals surface area contributed by atoms with Crippen molar-refractivity contribution in [3.8, 4) is 0 Å². The number of nitrogens with one attached hydrogen (secondary N) is 2. The normalized spacial score (nSPS) is 17.0. The molecule has 0 aliphatic carbocycles. The molecule has 8 nitrogen and oxygen atoms in total. The molecule has 0 bridgehead atoms. The van der Waals surface area contributed by atoms with Crippen LogP contribution in [0.1, 0.15) is 33.9 Å². The van der Waals surface area contributed by atoms with Crippen LogP contribution in [0.5, 0.6) is 0 Å². The molecular weight excluding hydrogens is 596 g/mol.